The summed E-state index contributed by atoms with van der Waals surface area (Å²) in [5.41, 5.74) is 1.24. The summed E-state index contributed by atoms with van der Waals surface area (Å²) in [4.78, 5) is 26.1. The number of fused-ring (bicyclic) bond motifs is 14. The highest BCUT2D eigenvalue weighted by Crippen LogP contribution is 2.78. The summed E-state index contributed by atoms with van der Waals surface area (Å²) in [5.74, 6) is 1.24. The number of aliphatic carboxylic acids is 2. The number of carbonyl (C=O) groups is 2. The van der Waals surface area contributed by atoms with Gasteiger partial charge in [-0.1, -0.05) is 99.5 Å². The summed E-state index contributed by atoms with van der Waals surface area (Å²) in [5, 5.41) is 32.5. The molecule has 0 aromatic carbocycles. The minimum Gasteiger partial charge on any atom is -0.481 e. The number of allylic oxidation sites excluding steroid dienone is 4. The van der Waals surface area contributed by atoms with Gasteiger partial charge in [-0.3, -0.25) is 9.59 Å². The molecule has 408 valence electrons. The van der Waals surface area contributed by atoms with Crippen LogP contribution in [0.5, 0.6) is 0 Å². The molecule has 0 heterocycles. The van der Waals surface area contributed by atoms with E-state index in [9.17, 15) is 24.9 Å². The van der Waals surface area contributed by atoms with Crippen LogP contribution in [0.25, 0.3) is 0 Å². The zero-order valence-corrected chi connectivity index (χ0v) is 48.4. The molecule has 10 rings (SSSR count). The maximum atomic E-state index is 13.1. The highest BCUT2D eigenvalue weighted by atomic mass is 16.5. The van der Waals surface area contributed by atoms with Gasteiger partial charge in [0.2, 0.25) is 0 Å². The number of carboxylic acids is 2. The zero-order valence-electron chi connectivity index (χ0n) is 48.4. The molecule has 9 heteroatoms. The third kappa shape index (κ3) is 6.98. The van der Waals surface area contributed by atoms with Gasteiger partial charge in [0.25, 0.3) is 0 Å². The Morgan fingerprint density at radius 3 is 1.26 bits per heavy atom. The van der Waals surface area contributed by atoms with Crippen LogP contribution in [0.2, 0.25) is 0 Å². The maximum Gasteiger partial charge on any atom is 0.312 e. The Balaban J connectivity index is 0.000000178. The van der Waals surface area contributed by atoms with Gasteiger partial charge in [-0.15, -0.1) is 0 Å². The predicted octanol–water partition coefficient (Wildman–Crippen LogP) is 13.7. The Kier molecular flexibility index (Phi) is 13.3. The van der Waals surface area contributed by atoms with Crippen molar-refractivity contribution in [3.63, 3.8) is 0 Å². The number of hydrogen-bond donors (Lipinski definition) is 3. The molecule has 8 saturated carbocycles. The molecular formula is C63H102O9. The second-order valence-electron chi connectivity index (χ2n) is 30.2. The van der Waals surface area contributed by atoms with Crippen molar-refractivity contribution in [2.24, 2.45) is 95.6 Å². The molecule has 0 aromatic rings. The standard InChI is InChI=1S/C32H52O4.C31H50O5/c1-20-12-14-28(4)23-11-10-21-22-18-27(2,3)16-17-32(22,26(33)34)25(35-8)19-30(21,6)29(23,5)15-13-24(28)31(20,7)36-9;1-26(2)15-16-31(25(33)34)20(17-26)19-9-10-21-27(3)13-12-23(32)30(6,36-8)22(27)11-14-28(21,4)29(19,5)18-24(31)35-7/h10,20,22-25H,11-19H2,1-9H3,(H,33,34);9,20-24,32H,10-18H2,1-8H3,(H,33,34)/t20-,22?,23?,24+,25?,28?,29-,30+,31-,32+;20?,21?,22-,23+,24?,27?,28+,29-,30-,31-/m01/s1. The summed E-state index contributed by atoms with van der Waals surface area (Å²) in [6.07, 6.45) is 21.7. The second-order valence-corrected chi connectivity index (χ2v) is 30.2. The lowest BCUT2D eigenvalue weighted by atomic mass is 9.33. The first-order valence-corrected chi connectivity index (χ1v) is 29.0. The minimum atomic E-state index is -0.830. The Morgan fingerprint density at radius 2 is 0.889 bits per heavy atom. The Morgan fingerprint density at radius 1 is 0.500 bits per heavy atom. The van der Waals surface area contributed by atoms with Gasteiger partial charge < -0.3 is 34.3 Å². The summed E-state index contributed by atoms with van der Waals surface area (Å²) in [6, 6.07) is 0. The van der Waals surface area contributed by atoms with Gasteiger partial charge in [0.15, 0.2) is 0 Å². The monoisotopic (exact) mass is 1000 g/mol. The molecular weight excluding hydrogens is 901 g/mol. The van der Waals surface area contributed by atoms with Crippen molar-refractivity contribution in [3.05, 3.63) is 23.3 Å². The minimum absolute atomic E-state index is 0.0168. The van der Waals surface area contributed by atoms with Gasteiger partial charge in [0.1, 0.15) is 10.8 Å². The normalized spacial score (nSPS) is 53.8. The number of ether oxygens (including phenoxy) is 4. The van der Waals surface area contributed by atoms with E-state index in [1.54, 1.807) is 21.3 Å². The lowest BCUT2D eigenvalue weighted by molar-refractivity contribution is -0.248. The van der Waals surface area contributed by atoms with E-state index >= 15 is 0 Å². The third-order valence-electron chi connectivity index (χ3n) is 27.2. The first-order chi connectivity index (χ1) is 33.3. The summed E-state index contributed by atoms with van der Waals surface area (Å²) in [6.45, 7) is 31.2. The molecule has 0 bridgehead atoms. The van der Waals surface area contributed by atoms with Crippen molar-refractivity contribution in [2.75, 3.05) is 28.4 Å². The SMILES string of the molecule is COC1C[C@]2(C)C(=CCC3C4(C)CC[C@H](C)[C@](C)(OC)[C@@H]4CC[C@@]32C)C2CC(C)(C)CC[C@]12C(=O)O.COC1C[C@]2(C)C(=CCC3C4(C)CC[C@H](O)[C@](C)(OC)[C@@H]4CC[C@@]32C)C2CC(C)(C)CC[C@]12C(=O)O. The van der Waals surface area contributed by atoms with Gasteiger partial charge in [0, 0.05) is 28.4 Å². The van der Waals surface area contributed by atoms with Crippen LogP contribution in [-0.2, 0) is 28.5 Å². The molecule has 8 unspecified atom stereocenters. The van der Waals surface area contributed by atoms with Crippen molar-refractivity contribution in [1.29, 1.82) is 0 Å². The second kappa shape index (κ2) is 17.4. The fourth-order valence-corrected chi connectivity index (χ4v) is 22.0. The first kappa shape index (κ1) is 55.0. The van der Waals surface area contributed by atoms with Crippen LogP contribution in [0.3, 0.4) is 0 Å². The molecule has 8 fully saturated rings. The molecule has 10 aliphatic carbocycles. The predicted molar refractivity (Wildman–Crippen MR) is 284 cm³/mol. The van der Waals surface area contributed by atoms with E-state index in [-0.39, 0.29) is 73.0 Å². The Hall–Kier alpha value is -1.78. The van der Waals surface area contributed by atoms with E-state index in [2.05, 4.69) is 102 Å². The van der Waals surface area contributed by atoms with Gasteiger partial charge in [-0.05, 0) is 214 Å². The Labute approximate surface area is 436 Å². The smallest absolute Gasteiger partial charge is 0.312 e. The quantitative estimate of drug-likeness (QED) is 0.223. The van der Waals surface area contributed by atoms with Crippen LogP contribution in [0, 0.1) is 95.6 Å². The largest absolute Gasteiger partial charge is 0.481 e. The third-order valence-corrected chi connectivity index (χ3v) is 27.2. The number of hydrogen-bond acceptors (Lipinski definition) is 7. The highest BCUT2D eigenvalue weighted by Gasteiger charge is 2.74. The lowest BCUT2D eigenvalue weighted by Crippen LogP contribution is -2.69. The van der Waals surface area contributed by atoms with Gasteiger partial charge >= 0.3 is 11.9 Å². The fraction of sp³-hybridized carbons (Fsp3) is 0.905. The molecule has 10 aliphatic rings. The average Bonchev–Trinajstić information content (AvgIpc) is 3.31. The van der Waals surface area contributed by atoms with Crippen LogP contribution in [0.1, 0.15) is 206 Å². The van der Waals surface area contributed by atoms with E-state index in [0.29, 0.717) is 36.0 Å². The fourth-order valence-electron chi connectivity index (χ4n) is 22.0. The molecule has 9 nitrogen and oxygen atoms in total. The van der Waals surface area contributed by atoms with Crippen molar-refractivity contribution >= 4 is 11.9 Å². The number of aliphatic hydroxyl groups excluding tert-OH is 1. The van der Waals surface area contributed by atoms with E-state index in [1.165, 1.54) is 36.8 Å². The maximum absolute atomic E-state index is 13.1. The molecule has 0 aliphatic heterocycles. The Bertz CT molecular complexity index is 2060. The van der Waals surface area contributed by atoms with E-state index in [1.807, 2.05) is 7.11 Å². The number of carboxylic acid groups (broad SMARTS) is 2. The van der Waals surface area contributed by atoms with Gasteiger partial charge in [0.05, 0.1) is 29.5 Å². The van der Waals surface area contributed by atoms with E-state index in [0.717, 1.165) is 83.5 Å². The average molecular weight is 1000 g/mol. The molecule has 3 N–H and O–H groups in total. The summed E-state index contributed by atoms with van der Waals surface area (Å²) < 4.78 is 24.8. The molecule has 0 radical (unpaired) electrons. The van der Waals surface area contributed by atoms with E-state index in [4.69, 9.17) is 18.9 Å². The van der Waals surface area contributed by atoms with Crippen LogP contribution < -0.4 is 0 Å². The van der Waals surface area contributed by atoms with Crippen molar-refractivity contribution in [2.45, 2.75) is 235 Å². The molecule has 72 heavy (non-hydrogen) atoms. The first-order valence-electron chi connectivity index (χ1n) is 29.0. The number of methoxy groups -OCH3 is 4. The van der Waals surface area contributed by atoms with Crippen LogP contribution in [-0.4, -0.2) is 85.2 Å². The summed E-state index contributed by atoms with van der Waals surface area (Å²) >= 11 is 0. The van der Waals surface area contributed by atoms with Crippen LogP contribution in [0.4, 0.5) is 0 Å². The van der Waals surface area contributed by atoms with Gasteiger partial charge in [-0.25, -0.2) is 0 Å². The molecule has 0 saturated heterocycles. The van der Waals surface area contributed by atoms with Crippen LogP contribution in [0.15, 0.2) is 23.3 Å². The van der Waals surface area contributed by atoms with Crippen molar-refractivity contribution < 1.29 is 43.9 Å². The highest BCUT2D eigenvalue weighted by molar-refractivity contribution is 5.78. The van der Waals surface area contributed by atoms with Crippen LogP contribution >= 0.6 is 0 Å². The van der Waals surface area contributed by atoms with Crippen molar-refractivity contribution in [1.82, 2.24) is 0 Å². The van der Waals surface area contributed by atoms with Crippen molar-refractivity contribution in [3.8, 4) is 0 Å². The lowest BCUT2D eigenvalue weighted by Gasteiger charge is -2.71. The number of rotatable bonds is 6. The molecule has 0 spiro atoms. The molecule has 20 atom stereocenters. The number of aliphatic hydroxyl groups is 1. The van der Waals surface area contributed by atoms with E-state index < -0.39 is 34.5 Å². The van der Waals surface area contributed by atoms with Gasteiger partial charge in [-0.2, -0.15) is 0 Å². The summed E-state index contributed by atoms with van der Waals surface area (Å²) in [7, 11) is 7.19. The zero-order chi connectivity index (χ0) is 53.1. The molecule has 0 amide bonds. The topological polar surface area (TPSA) is 132 Å². The molecule has 0 aromatic heterocycles.